The highest BCUT2D eigenvalue weighted by Gasteiger charge is 2.26. The van der Waals surface area contributed by atoms with Gasteiger partial charge < -0.3 is 14.4 Å². The summed E-state index contributed by atoms with van der Waals surface area (Å²) in [5.41, 5.74) is 6.16. The highest BCUT2D eigenvalue weighted by Crippen LogP contribution is 2.36. The predicted octanol–water partition coefficient (Wildman–Crippen LogP) is 0.906. The lowest BCUT2D eigenvalue weighted by Gasteiger charge is -2.33. The number of aryl methyl sites for hydroxylation is 1. The van der Waals surface area contributed by atoms with Crippen LogP contribution in [0.1, 0.15) is 28.7 Å². The normalized spacial score (nSPS) is 18.3. The van der Waals surface area contributed by atoms with Crippen LogP contribution in [-0.2, 0) is 24.0 Å². The van der Waals surface area contributed by atoms with Crippen LogP contribution in [0.3, 0.4) is 0 Å². The number of hydrogen-bond acceptors (Lipinski definition) is 4. The number of hydrogen-bond donors (Lipinski definition) is 0. The Hall–Kier alpha value is -1.51. The molecule has 2 aliphatic rings. The van der Waals surface area contributed by atoms with E-state index in [4.69, 9.17) is 4.74 Å². The van der Waals surface area contributed by atoms with E-state index in [1.54, 1.807) is 7.11 Å². The first kappa shape index (κ1) is 15.4. The molecule has 2 aliphatic heterocycles. The first-order chi connectivity index (χ1) is 10.7. The molecular formula is C17H24BN3O. The molecule has 2 heterocycles. The van der Waals surface area contributed by atoms with Crippen molar-refractivity contribution in [3.63, 3.8) is 0 Å². The summed E-state index contributed by atoms with van der Waals surface area (Å²) in [5, 5.41) is 9.83. The molecule has 0 N–H and O–H groups in total. The van der Waals surface area contributed by atoms with Gasteiger partial charge in [-0.2, -0.15) is 5.26 Å². The van der Waals surface area contributed by atoms with Gasteiger partial charge >= 0.3 is 0 Å². The SMILES string of the molecule is BN1CCc2cc3c(c(C#N)c2CC1)N(CCOC)CCC3. The van der Waals surface area contributed by atoms with Crippen LogP contribution >= 0.6 is 0 Å². The lowest BCUT2D eigenvalue weighted by Crippen LogP contribution is -2.33. The van der Waals surface area contributed by atoms with Gasteiger partial charge in [0.1, 0.15) is 6.07 Å². The number of nitrogens with zero attached hydrogens (tertiary/aromatic N) is 3. The van der Waals surface area contributed by atoms with Crippen molar-refractivity contribution >= 4 is 13.7 Å². The molecule has 0 aliphatic carbocycles. The zero-order chi connectivity index (χ0) is 15.5. The molecule has 0 amide bonds. The number of fused-ring (bicyclic) bond motifs is 2. The van der Waals surface area contributed by atoms with Crippen molar-refractivity contribution in [2.75, 3.05) is 44.8 Å². The molecule has 0 bridgehead atoms. The van der Waals surface area contributed by atoms with Crippen LogP contribution in [-0.4, -0.2) is 52.7 Å². The summed E-state index contributed by atoms with van der Waals surface area (Å²) >= 11 is 0. The Morgan fingerprint density at radius 1 is 1.23 bits per heavy atom. The molecule has 22 heavy (non-hydrogen) atoms. The summed E-state index contributed by atoms with van der Waals surface area (Å²) in [6.45, 7) is 4.74. The summed E-state index contributed by atoms with van der Waals surface area (Å²) in [4.78, 5) is 4.72. The second-order valence-electron chi connectivity index (χ2n) is 6.40. The van der Waals surface area contributed by atoms with Gasteiger partial charge in [0.2, 0.25) is 0 Å². The minimum atomic E-state index is 0.712. The maximum absolute atomic E-state index is 9.83. The largest absolute Gasteiger partial charge is 0.383 e. The Morgan fingerprint density at radius 2 is 2.05 bits per heavy atom. The molecule has 0 aromatic heterocycles. The summed E-state index contributed by atoms with van der Waals surface area (Å²) in [5.74, 6) is 0. The number of ether oxygens (including phenoxy) is 1. The van der Waals surface area contributed by atoms with Crippen molar-refractivity contribution in [1.82, 2.24) is 4.81 Å². The fraction of sp³-hybridized carbons (Fsp3) is 0.588. The van der Waals surface area contributed by atoms with E-state index in [-0.39, 0.29) is 0 Å². The molecule has 0 saturated heterocycles. The van der Waals surface area contributed by atoms with E-state index in [0.29, 0.717) is 6.61 Å². The maximum Gasteiger partial charge on any atom is 0.185 e. The molecule has 4 nitrogen and oxygen atoms in total. The molecule has 3 rings (SSSR count). The summed E-state index contributed by atoms with van der Waals surface area (Å²) in [6, 6.07) is 4.91. The van der Waals surface area contributed by atoms with Crippen LogP contribution in [0, 0.1) is 11.3 Å². The van der Waals surface area contributed by atoms with Crippen LogP contribution in [0.4, 0.5) is 5.69 Å². The maximum atomic E-state index is 9.83. The topological polar surface area (TPSA) is 39.5 Å². The van der Waals surface area contributed by atoms with Gasteiger partial charge in [0.25, 0.3) is 0 Å². The predicted molar refractivity (Wildman–Crippen MR) is 91.1 cm³/mol. The molecule has 0 atom stereocenters. The molecule has 0 unspecified atom stereocenters. The van der Waals surface area contributed by atoms with Crippen LogP contribution in [0.2, 0.25) is 0 Å². The molecule has 0 fully saturated rings. The minimum Gasteiger partial charge on any atom is -0.383 e. The third-order valence-electron chi connectivity index (χ3n) is 4.95. The van der Waals surface area contributed by atoms with E-state index in [9.17, 15) is 5.26 Å². The monoisotopic (exact) mass is 297 g/mol. The van der Waals surface area contributed by atoms with E-state index in [2.05, 4.69) is 29.8 Å². The zero-order valence-electron chi connectivity index (χ0n) is 13.7. The van der Waals surface area contributed by atoms with Crippen LogP contribution in [0.5, 0.6) is 0 Å². The van der Waals surface area contributed by atoms with Gasteiger partial charge in [-0.3, -0.25) is 0 Å². The standard InChI is InChI=1S/C17H24BN3O/c1-22-10-9-20-6-2-3-14-11-13-4-7-21(18)8-5-15(13)16(12-19)17(14)20/h11H,2-10,18H2,1H3. The van der Waals surface area contributed by atoms with Gasteiger partial charge in [-0.05, 0) is 55.5 Å². The quantitative estimate of drug-likeness (QED) is 0.777. The minimum absolute atomic E-state index is 0.712. The average molecular weight is 297 g/mol. The Kier molecular flexibility index (Phi) is 4.70. The van der Waals surface area contributed by atoms with Crippen molar-refractivity contribution in [3.8, 4) is 6.07 Å². The second-order valence-corrected chi connectivity index (χ2v) is 6.40. The summed E-state index contributed by atoms with van der Waals surface area (Å²) in [7, 11) is 3.91. The molecule has 1 aromatic carbocycles. The first-order valence-corrected chi connectivity index (χ1v) is 8.24. The average Bonchev–Trinajstić information content (AvgIpc) is 2.72. The molecular weight excluding hydrogens is 273 g/mol. The van der Waals surface area contributed by atoms with E-state index in [0.717, 1.165) is 51.0 Å². The van der Waals surface area contributed by atoms with Crippen LogP contribution < -0.4 is 4.90 Å². The lowest BCUT2D eigenvalue weighted by molar-refractivity contribution is 0.205. The molecule has 0 radical (unpaired) electrons. The number of rotatable bonds is 3. The fourth-order valence-electron chi connectivity index (χ4n) is 3.73. The van der Waals surface area contributed by atoms with Crippen molar-refractivity contribution in [1.29, 1.82) is 5.26 Å². The van der Waals surface area contributed by atoms with Gasteiger partial charge in [-0.1, -0.05) is 6.07 Å². The van der Waals surface area contributed by atoms with Crippen molar-refractivity contribution in [2.24, 2.45) is 0 Å². The Bertz CT molecular complexity index is 597. The summed E-state index contributed by atoms with van der Waals surface area (Å²) in [6.07, 6.45) is 4.31. The van der Waals surface area contributed by atoms with Gasteiger partial charge in [0.05, 0.1) is 17.9 Å². The van der Waals surface area contributed by atoms with Gasteiger partial charge in [-0.25, -0.2) is 0 Å². The highest BCUT2D eigenvalue weighted by molar-refractivity contribution is 6.04. The fourth-order valence-corrected chi connectivity index (χ4v) is 3.73. The smallest absolute Gasteiger partial charge is 0.185 e. The molecule has 0 spiro atoms. The summed E-state index contributed by atoms with van der Waals surface area (Å²) < 4.78 is 5.25. The lowest BCUT2D eigenvalue weighted by atomic mass is 9.88. The van der Waals surface area contributed by atoms with Crippen molar-refractivity contribution in [3.05, 3.63) is 28.3 Å². The van der Waals surface area contributed by atoms with Crippen LogP contribution in [0.15, 0.2) is 6.07 Å². The number of anilines is 1. The van der Waals surface area contributed by atoms with E-state index >= 15 is 0 Å². The van der Waals surface area contributed by atoms with Gasteiger partial charge in [-0.15, -0.1) is 0 Å². The van der Waals surface area contributed by atoms with Crippen LogP contribution in [0.25, 0.3) is 0 Å². The molecule has 1 aromatic rings. The number of nitriles is 1. The van der Waals surface area contributed by atoms with Crippen molar-refractivity contribution in [2.45, 2.75) is 25.7 Å². The van der Waals surface area contributed by atoms with E-state index < -0.39 is 0 Å². The third kappa shape index (κ3) is 2.86. The Balaban J connectivity index is 2.05. The highest BCUT2D eigenvalue weighted by atomic mass is 16.5. The Morgan fingerprint density at radius 3 is 2.82 bits per heavy atom. The van der Waals surface area contributed by atoms with E-state index in [1.165, 1.54) is 28.8 Å². The number of benzene rings is 1. The second kappa shape index (κ2) is 6.72. The molecule has 5 heteroatoms. The van der Waals surface area contributed by atoms with Gasteiger partial charge in [0.15, 0.2) is 7.98 Å². The van der Waals surface area contributed by atoms with Gasteiger partial charge in [0, 0.05) is 20.2 Å². The zero-order valence-corrected chi connectivity index (χ0v) is 13.7. The number of methoxy groups -OCH3 is 1. The Labute approximate surface area is 134 Å². The molecule has 116 valence electrons. The van der Waals surface area contributed by atoms with Crippen molar-refractivity contribution < 1.29 is 4.74 Å². The first-order valence-electron chi connectivity index (χ1n) is 8.24. The van der Waals surface area contributed by atoms with E-state index in [1.807, 2.05) is 0 Å². The molecule has 0 saturated carbocycles. The third-order valence-corrected chi connectivity index (χ3v) is 4.95.